The Morgan fingerprint density at radius 2 is 1.68 bits per heavy atom. The number of benzene rings is 2. The number of ether oxygens (including phenoxy) is 1. The van der Waals surface area contributed by atoms with Gasteiger partial charge in [0, 0.05) is 3.57 Å². The molecule has 0 saturated heterocycles. The zero-order valence-electron chi connectivity index (χ0n) is 10.0. The van der Waals surface area contributed by atoms with Crippen molar-refractivity contribution in [3.05, 3.63) is 61.1 Å². The molecule has 0 bridgehead atoms. The number of aliphatic hydroxyl groups is 1. The van der Waals surface area contributed by atoms with Crippen LogP contribution in [0.3, 0.4) is 0 Å². The summed E-state index contributed by atoms with van der Waals surface area (Å²) in [6.07, 6.45) is -0.763. The molecule has 2 aromatic carbocycles. The fraction of sp³-hybridized carbons (Fsp3) is 0.143. The SMILES string of the molecule is COc1cc(C(O)c2ccc(I)c(Cl)c2)ccc1Cl. The van der Waals surface area contributed by atoms with Crippen LogP contribution in [0.2, 0.25) is 10.0 Å². The van der Waals surface area contributed by atoms with Gasteiger partial charge in [-0.05, 0) is 58.0 Å². The van der Waals surface area contributed by atoms with Crippen LogP contribution in [-0.4, -0.2) is 12.2 Å². The molecule has 0 amide bonds. The van der Waals surface area contributed by atoms with E-state index in [-0.39, 0.29) is 0 Å². The molecule has 0 fully saturated rings. The quantitative estimate of drug-likeness (QED) is 0.746. The maximum Gasteiger partial charge on any atom is 0.137 e. The van der Waals surface area contributed by atoms with Crippen LogP contribution in [0, 0.1) is 3.57 Å². The largest absolute Gasteiger partial charge is 0.495 e. The number of hydrogen-bond acceptors (Lipinski definition) is 2. The Bertz CT molecular complexity index is 602. The van der Waals surface area contributed by atoms with Crippen molar-refractivity contribution in [2.45, 2.75) is 6.10 Å². The van der Waals surface area contributed by atoms with Crippen LogP contribution >= 0.6 is 45.8 Å². The summed E-state index contributed by atoms with van der Waals surface area (Å²) in [5.41, 5.74) is 1.44. The highest BCUT2D eigenvalue weighted by Gasteiger charge is 2.14. The molecule has 0 aliphatic heterocycles. The molecule has 2 aromatic rings. The number of hydrogen-bond donors (Lipinski definition) is 1. The summed E-state index contributed by atoms with van der Waals surface area (Å²) in [6, 6.07) is 10.7. The van der Waals surface area contributed by atoms with Gasteiger partial charge in [-0.1, -0.05) is 35.3 Å². The fourth-order valence-corrected chi connectivity index (χ4v) is 2.44. The summed E-state index contributed by atoms with van der Waals surface area (Å²) in [5, 5.41) is 11.5. The first kappa shape index (κ1) is 14.9. The van der Waals surface area contributed by atoms with Crippen molar-refractivity contribution < 1.29 is 9.84 Å². The smallest absolute Gasteiger partial charge is 0.137 e. The van der Waals surface area contributed by atoms with E-state index < -0.39 is 6.10 Å². The van der Waals surface area contributed by atoms with Crippen molar-refractivity contribution in [1.29, 1.82) is 0 Å². The lowest BCUT2D eigenvalue weighted by Gasteiger charge is -2.14. The van der Waals surface area contributed by atoms with Crippen LogP contribution in [-0.2, 0) is 0 Å². The molecule has 1 unspecified atom stereocenters. The van der Waals surface area contributed by atoms with Crippen LogP contribution in [0.1, 0.15) is 17.2 Å². The molecule has 2 rings (SSSR count). The molecule has 1 atom stereocenters. The van der Waals surface area contributed by atoms with Gasteiger partial charge >= 0.3 is 0 Å². The lowest BCUT2D eigenvalue weighted by atomic mass is 10.0. The summed E-state index contributed by atoms with van der Waals surface area (Å²) in [7, 11) is 1.54. The van der Waals surface area contributed by atoms with Crippen LogP contribution in [0.4, 0.5) is 0 Å². The fourth-order valence-electron chi connectivity index (χ4n) is 1.72. The van der Waals surface area contributed by atoms with E-state index in [1.807, 2.05) is 12.1 Å². The van der Waals surface area contributed by atoms with E-state index in [2.05, 4.69) is 22.6 Å². The highest BCUT2D eigenvalue weighted by molar-refractivity contribution is 14.1. The highest BCUT2D eigenvalue weighted by Crippen LogP contribution is 2.32. The van der Waals surface area contributed by atoms with E-state index in [0.29, 0.717) is 21.4 Å². The molecule has 0 spiro atoms. The molecule has 0 radical (unpaired) electrons. The Morgan fingerprint density at radius 1 is 1.05 bits per heavy atom. The Morgan fingerprint density at radius 3 is 2.32 bits per heavy atom. The van der Waals surface area contributed by atoms with Crippen LogP contribution in [0.5, 0.6) is 5.75 Å². The number of halogens is 3. The lowest BCUT2D eigenvalue weighted by Crippen LogP contribution is -2.00. The predicted octanol–water partition coefficient (Wildman–Crippen LogP) is 4.69. The van der Waals surface area contributed by atoms with Crippen molar-refractivity contribution in [1.82, 2.24) is 0 Å². The second kappa shape index (κ2) is 6.31. The minimum Gasteiger partial charge on any atom is -0.495 e. The van der Waals surface area contributed by atoms with Crippen LogP contribution < -0.4 is 4.74 Å². The van der Waals surface area contributed by atoms with Gasteiger partial charge in [-0.25, -0.2) is 0 Å². The predicted molar refractivity (Wildman–Crippen MR) is 86.2 cm³/mol. The zero-order chi connectivity index (χ0) is 14.0. The van der Waals surface area contributed by atoms with E-state index in [9.17, 15) is 5.11 Å². The molecule has 2 nitrogen and oxygen atoms in total. The third-order valence-electron chi connectivity index (χ3n) is 2.75. The Labute approximate surface area is 135 Å². The van der Waals surface area contributed by atoms with E-state index in [1.165, 1.54) is 0 Å². The van der Waals surface area contributed by atoms with Crippen molar-refractivity contribution in [2.75, 3.05) is 7.11 Å². The average molecular weight is 409 g/mol. The Kier molecular flexibility index (Phi) is 4.95. The topological polar surface area (TPSA) is 29.5 Å². The second-order valence-corrected chi connectivity index (χ2v) is 5.95. The van der Waals surface area contributed by atoms with E-state index in [4.69, 9.17) is 27.9 Å². The van der Waals surface area contributed by atoms with Gasteiger partial charge < -0.3 is 9.84 Å². The molecular weight excluding hydrogens is 398 g/mol. The summed E-state index contributed by atoms with van der Waals surface area (Å²) < 4.78 is 6.09. The molecule has 0 aromatic heterocycles. The maximum atomic E-state index is 10.4. The van der Waals surface area contributed by atoms with Gasteiger partial charge in [0.2, 0.25) is 0 Å². The summed E-state index contributed by atoms with van der Waals surface area (Å²) in [5.74, 6) is 0.537. The molecule has 0 aliphatic carbocycles. The van der Waals surface area contributed by atoms with Gasteiger partial charge in [-0.15, -0.1) is 0 Å². The second-order valence-electron chi connectivity index (χ2n) is 3.97. The number of aliphatic hydroxyl groups excluding tert-OH is 1. The van der Waals surface area contributed by atoms with E-state index in [0.717, 1.165) is 9.13 Å². The average Bonchev–Trinajstić information content (AvgIpc) is 2.41. The molecule has 1 N–H and O–H groups in total. The van der Waals surface area contributed by atoms with Crippen molar-refractivity contribution >= 4 is 45.8 Å². The summed E-state index contributed by atoms with van der Waals surface area (Å²) >= 11 is 14.2. The molecule has 19 heavy (non-hydrogen) atoms. The monoisotopic (exact) mass is 408 g/mol. The number of methoxy groups -OCH3 is 1. The van der Waals surface area contributed by atoms with Gasteiger partial charge in [0.1, 0.15) is 11.9 Å². The standard InChI is InChI=1S/C14H11Cl2IO2/c1-19-13-7-9(2-4-10(13)15)14(18)8-3-5-12(17)11(16)6-8/h2-7,14,18H,1H3. The van der Waals surface area contributed by atoms with Gasteiger partial charge in [0.05, 0.1) is 17.2 Å². The zero-order valence-corrected chi connectivity index (χ0v) is 13.7. The van der Waals surface area contributed by atoms with Crippen molar-refractivity contribution in [3.63, 3.8) is 0 Å². The molecule has 0 aliphatic rings. The van der Waals surface area contributed by atoms with Gasteiger partial charge in [0.25, 0.3) is 0 Å². The van der Waals surface area contributed by atoms with Gasteiger partial charge in [0.15, 0.2) is 0 Å². The Hall–Kier alpha value is -0.490. The van der Waals surface area contributed by atoms with Crippen LogP contribution in [0.25, 0.3) is 0 Å². The van der Waals surface area contributed by atoms with E-state index >= 15 is 0 Å². The van der Waals surface area contributed by atoms with E-state index in [1.54, 1.807) is 31.4 Å². The first-order valence-corrected chi connectivity index (χ1v) is 7.33. The molecule has 5 heteroatoms. The van der Waals surface area contributed by atoms with Crippen LogP contribution in [0.15, 0.2) is 36.4 Å². The normalized spacial score (nSPS) is 12.3. The van der Waals surface area contributed by atoms with Gasteiger partial charge in [-0.3, -0.25) is 0 Å². The molecular formula is C14H11Cl2IO2. The Balaban J connectivity index is 2.37. The maximum absolute atomic E-state index is 10.4. The first-order chi connectivity index (χ1) is 9.02. The third-order valence-corrected chi connectivity index (χ3v) is 4.63. The number of rotatable bonds is 3. The van der Waals surface area contributed by atoms with Crippen molar-refractivity contribution in [3.8, 4) is 5.75 Å². The third kappa shape index (κ3) is 3.34. The minimum absolute atomic E-state index is 0.513. The molecule has 0 heterocycles. The van der Waals surface area contributed by atoms with Gasteiger partial charge in [-0.2, -0.15) is 0 Å². The highest BCUT2D eigenvalue weighted by atomic mass is 127. The summed E-state index contributed by atoms with van der Waals surface area (Å²) in [4.78, 5) is 0. The minimum atomic E-state index is -0.763. The lowest BCUT2D eigenvalue weighted by molar-refractivity contribution is 0.220. The van der Waals surface area contributed by atoms with Crippen molar-refractivity contribution in [2.24, 2.45) is 0 Å². The first-order valence-electron chi connectivity index (χ1n) is 5.49. The summed E-state index contributed by atoms with van der Waals surface area (Å²) in [6.45, 7) is 0. The molecule has 100 valence electrons. The molecule has 0 saturated carbocycles.